The van der Waals surface area contributed by atoms with E-state index < -0.39 is 68.7 Å². The number of hydrogen-bond donors (Lipinski definition) is 4. The molecule has 1 aromatic heterocycles. The van der Waals surface area contributed by atoms with Crippen molar-refractivity contribution in [3.63, 3.8) is 0 Å². The third-order valence-corrected chi connectivity index (χ3v) is 15.3. The van der Waals surface area contributed by atoms with E-state index in [9.17, 15) is 22.8 Å². The van der Waals surface area contributed by atoms with Gasteiger partial charge in [-0.15, -0.1) is 6.58 Å². The van der Waals surface area contributed by atoms with Gasteiger partial charge in [0.1, 0.15) is 41.0 Å². The van der Waals surface area contributed by atoms with Gasteiger partial charge in [0, 0.05) is 36.4 Å². The molecule has 15 nitrogen and oxygen atoms in total. The fraction of sp³-hybridized carbons (Fsp3) is 0.553. The Kier molecular flexibility index (Phi) is 12.6. The van der Waals surface area contributed by atoms with Crippen LogP contribution in [0.25, 0.3) is 10.9 Å². The number of carbonyl (C=O) groups excluding carboxylic acids is 4. The molecule has 4 N–H and O–H groups in total. The van der Waals surface area contributed by atoms with Gasteiger partial charge >= 0.3 is 6.09 Å². The Labute approximate surface area is 369 Å². The van der Waals surface area contributed by atoms with Crippen molar-refractivity contribution in [3.8, 4) is 11.5 Å². The molecule has 4 amide bonds. The first-order chi connectivity index (χ1) is 30.2. The molecule has 0 radical (unpaired) electrons. The molecule has 8 rings (SSSR count). The van der Waals surface area contributed by atoms with E-state index in [4.69, 9.17) is 19.2 Å². The van der Waals surface area contributed by atoms with Crippen LogP contribution in [0.3, 0.4) is 0 Å². The van der Waals surface area contributed by atoms with Crippen molar-refractivity contribution in [1.29, 1.82) is 0 Å². The number of fused-ring (bicyclic) bond motifs is 3. The second-order valence-corrected chi connectivity index (χ2v) is 20.8. The first kappa shape index (κ1) is 44.2. The van der Waals surface area contributed by atoms with Gasteiger partial charge < -0.3 is 35.1 Å². The zero-order valence-electron chi connectivity index (χ0n) is 36.5. The number of anilines is 1. The minimum absolute atomic E-state index is 0.0103. The summed E-state index contributed by atoms with van der Waals surface area (Å²) in [6.45, 7) is 8.53. The predicted octanol–water partition coefficient (Wildman–Crippen LogP) is 5.91. The van der Waals surface area contributed by atoms with Crippen molar-refractivity contribution in [1.82, 2.24) is 25.2 Å². The summed E-state index contributed by atoms with van der Waals surface area (Å²) in [5, 5.41) is 9.32. The molecule has 3 aliphatic carbocycles. The predicted molar refractivity (Wildman–Crippen MR) is 237 cm³/mol. The van der Waals surface area contributed by atoms with E-state index >= 15 is 4.79 Å². The first-order valence-corrected chi connectivity index (χ1v) is 23.9. The molecule has 3 saturated carbocycles. The molecule has 5 atom stereocenters. The number of sulfonamides is 1. The second-order valence-electron chi connectivity index (χ2n) is 18.8. The molecule has 5 aliphatic rings. The van der Waals surface area contributed by atoms with E-state index in [1.54, 1.807) is 7.11 Å². The molecule has 2 aliphatic heterocycles. The van der Waals surface area contributed by atoms with Crippen molar-refractivity contribution in [2.45, 2.75) is 126 Å². The molecular weight excluding hydrogens is 825 g/mol. The zero-order valence-corrected chi connectivity index (χ0v) is 37.3. The van der Waals surface area contributed by atoms with Crippen molar-refractivity contribution in [2.75, 3.05) is 25.6 Å². The molecule has 3 heterocycles. The maximum Gasteiger partial charge on any atom is 0.407 e. The molecule has 16 heteroatoms. The van der Waals surface area contributed by atoms with Gasteiger partial charge in [-0.25, -0.2) is 18.2 Å². The number of alkyl carbamates (subject to hydrolysis) is 1. The lowest BCUT2D eigenvalue weighted by atomic mass is 9.83. The molecule has 63 heavy (non-hydrogen) atoms. The highest BCUT2D eigenvalue weighted by atomic mass is 32.2. The number of cyclic esters (lactones) is 1. The maximum atomic E-state index is 15.1. The Morgan fingerprint density at radius 1 is 1.05 bits per heavy atom. The Hall–Kier alpha value is -5.38. The van der Waals surface area contributed by atoms with E-state index in [1.165, 1.54) is 11.0 Å². The van der Waals surface area contributed by atoms with E-state index in [1.807, 2.05) is 62.4 Å². The van der Waals surface area contributed by atoms with Crippen molar-refractivity contribution >= 4 is 50.6 Å². The van der Waals surface area contributed by atoms with Gasteiger partial charge in [-0.2, -0.15) is 0 Å². The topological polar surface area (TPSA) is 194 Å². The molecule has 0 unspecified atom stereocenters. The maximum absolute atomic E-state index is 15.1. The highest BCUT2D eigenvalue weighted by molar-refractivity contribution is 7.91. The van der Waals surface area contributed by atoms with Gasteiger partial charge in [-0.3, -0.25) is 19.1 Å². The zero-order chi connectivity index (χ0) is 44.5. The smallest absolute Gasteiger partial charge is 0.407 e. The molecule has 1 saturated heterocycles. The normalized spacial score (nSPS) is 26.6. The first-order valence-electron chi connectivity index (χ1n) is 22.4. The molecule has 338 valence electrons. The lowest BCUT2D eigenvalue weighted by Gasteiger charge is -2.35. The van der Waals surface area contributed by atoms with E-state index in [0.717, 1.165) is 48.6 Å². The van der Waals surface area contributed by atoms with Crippen LogP contribution in [-0.2, 0) is 42.1 Å². The van der Waals surface area contributed by atoms with Gasteiger partial charge in [0.2, 0.25) is 21.8 Å². The van der Waals surface area contributed by atoms with Crippen LogP contribution in [0.2, 0.25) is 0 Å². The molecular formula is C47H60N6O9S. The number of benzene rings is 2. The monoisotopic (exact) mass is 884 g/mol. The lowest BCUT2D eigenvalue weighted by molar-refractivity contribution is -0.142. The van der Waals surface area contributed by atoms with Gasteiger partial charge in [0.25, 0.3) is 5.91 Å². The van der Waals surface area contributed by atoms with Gasteiger partial charge in [0.15, 0.2) is 0 Å². The number of nitrogens with zero attached hydrogens (tertiary/aromatic N) is 2. The summed E-state index contributed by atoms with van der Waals surface area (Å²) in [5.41, 5.74) is 0.686. The van der Waals surface area contributed by atoms with Gasteiger partial charge in [-0.1, -0.05) is 69.5 Å². The second kappa shape index (κ2) is 18.0. The summed E-state index contributed by atoms with van der Waals surface area (Å²) in [6.07, 6.45) is 7.62. The van der Waals surface area contributed by atoms with Crippen LogP contribution >= 0.6 is 0 Å². The standard InChI is InChI=1S/C47H60N6O9S/c1-5-32-25-47(32,44(56)52-63(58,59)34-18-19-34)51-42(54)37-22-33-27-53(37)43(55)41(30-15-10-7-11-16-30)50-45(57)61-28-46(2,3)20-12-17-31-21-35-36(23-38(31)60-4)49-40(24-39(35)62-33)48-26-29-13-8-6-9-14-29/h5-6,8-9,13-14,21,23-24,30,32-34,37,41H,1,7,10-12,15-20,22,25-28H2,2-4H3,(H,48,49)(H,50,57)(H,51,54)(H,52,56)/t32-,33+,37-,41-,47+/m0/s1. The van der Waals surface area contributed by atoms with Crippen molar-refractivity contribution < 1.29 is 41.8 Å². The highest BCUT2D eigenvalue weighted by Crippen LogP contribution is 2.46. The number of aryl methyl sites for hydroxylation is 1. The van der Waals surface area contributed by atoms with Gasteiger partial charge in [0.05, 0.1) is 31.0 Å². The van der Waals surface area contributed by atoms with E-state index in [0.29, 0.717) is 61.5 Å². The minimum atomic E-state index is -3.92. The summed E-state index contributed by atoms with van der Waals surface area (Å²) >= 11 is 0. The minimum Gasteiger partial charge on any atom is -0.496 e. The number of pyridine rings is 1. The fourth-order valence-corrected chi connectivity index (χ4v) is 10.9. The number of carbonyl (C=O) groups is 4. The quantitative estimate of drug-likeness (QED) is 0.167. The number of ether oxygens (including phenoxy) is 3. The van der Waals surface area contributed by atoms with Crippen LogP contribution in [0.5, 0.6) is 11.5 Å². The lowest BCUT2D eigenvalue weighted by Crippen LogP contribution is -2.59. The number of methoxy groups -OCH3 is 1. The van der Waals surface area contributed by atoms with Crippen LogP contribution in [0, 0.1) is 17.3 Å². The molecule has 4 bridgehead atoms. The number of aromatic nitrogens is 1. The fourth-order valence-electron chi connectivity index (χ4n) is 9.49. The molecule has 3 aromatic rings. The van der Waals surface area contributed by atoms with Crippen LogP contribution < -0.4 is 30.1 Å². The largest absolute Gasteiger partial charge is 0.496 e. The summed E-state index contributed by atoms with van der Waals surface area (Å²) < 4.78 is 46.6. The molecule has 4 fully saturated rings. The third kappa shape index (κ3) is 9.90. The average Bonchev–Trinajstić information content (AvgIpc) is 4.21. The molecule has 0 spiro atoms. The summed E-state index contributed by atoms with van der Waals surface area (Å²) in [5.74, 6) is -0.906. The summed E-state index contributed by atoms with van der Waals surface area (Å²) in [4.78, 5) is 63.6. The van der Waals surface area contributed by atoms with E-state index in [-0.39, 0.29) is 37.3 Å². The van der Waals surface area contributed by atoms with E-state index in [2.05, 4.69) is 27.3 Å². The van der Waals surface area contributed by atoms with Crippen LogP contribution in [-0.4, -0.2) is 91.4 Å². The third-order valence-electron chi connectivity index (χ3n) is 13.4. The number of rotatable bonds is 11. The van der Waals surface area contributed by atoms with Crippen molar-refractivity contribution in [2.24, 2.45) is 17.3 Å². The van der Waals surface area contributed by atoms with Crippen LogP contribution in [0.4, 0.5) is 10.6 Å². The van der Waals surface area contributed by atoms with Crippen LogP contribution in [0.15, 0.2) is 61.2 Å². The number of nitrogens with one attached hydrogen (secondary N) is 4. The number of hydrogen-bond acceptors (Lipinski definition) is 11. The Bertz CT molecular complexity index is 2350. The SMILES string of the molecule is C=C[C@H]1C[C@]1(NC(=O)[C@@H]1C[C@@H]2CN1C(=O)[C@H](C1CCCCC1)NC(=O)OCC(C)(C)CCCc1cc3c(cc(NCc4ccccc4)nc3cc1OC)O2)C(=O)NS(=O)(=O)C1CC1. The summed E-state index contributed by atoms with van der Waals surface area (Å²) in [7, 11) is -2.29. The number of amides is 4. The van der Waals surface area contributed by atoms with Crippen molar-refractivity contribution in [3.05, 3.63) is 72.3 Å². The average molecular weight is 885 g/mol. The Morgan fingerprint density at radius 2 is 1.81 bits per heavy atom. The Morgan fingerprint density at radius 3 is 2.51 bits per heavy atom. The molecule has 2 aromatic carbocycles. The Balaban J connectivity index is 1.17. The van der Waals surface area contributed by atoms with Crippen LogP contribution in [0.1, 0.15) is 95.6 Å². The highest BCUT2D eigenvalue weighted by Gasteiger charge is 2.62. The summed E-state index contributed by atoms with van der Waals surface area (Å²) in [6, 6.07) is 13.6. The van der Waals surface area contributed by atoms with Gasteiger partial charge in [-0.05, 0) is 79.9 Å².